The van der Waals surface area contributed by atoms with Crippen LogP contribution in [-0.2, 0) is 22.1 Å². The maximum Gasteiger partial charge on any atom is 0.335 e. The molecule has 0 heterocycles. The Kier molecular flexibility index (Phi) is 8.00. The molecule has 0 aliphatic rings. The summed E-state index contributed by atoms with van der Waals surface area (Å²) in [5.74, 6) is -0.607. The Labute approximate surface area is 210 Å². The lowest BCUT2D eigenvalue weighted by molar-refractivity contribution is 0.0697. The normalized spacial score (nSPS) is 12.7. The molecule has 1 unspecified atom stereocenters. The second-order valence-corrected chi connectivity index (χ2v) is 12.6. The number of hydrogen-bond acceptors (Lipinski definition) is 5. The first-order chi connectivity index (χ1) is 17.3. The fraction of sp³-hybridized carbons (Fsp3) is 0.111. The van der Waals surface area contributed by atoms with Crippen molar-refractivity contribution in [1.82, 2.24) is 4.75 Å². The molecule has 4 aromatic rings. The van der Waals surface area contributed by atoms with Crippen LogP contribution >= 0.6 is 7.52 Å². The summed E-state index contributed by atoms with van der Waals surface area (Å²) < 4.78 is 28.4. The summed E-state index contributed by atoms with van der Waals surface area (Å²) in [4.78, 5) is 24.1. The summed E-state index contributed by atoms with van der Waals surface area (Å²) >= 11 is 0. The van der Waals surface area contributed by atoms with Gasteiger partial charge < -0.3 is 14.4 Å². The van der Waals surface area contributed by atoms with Crippen LogP contribution in [0.4, 0.5) is 4.79 Å². The standard InChI is InChI=1S/C27H25NO6PSi/c1-36(27(31)33-18-20-8-4-2-5-9-20)28-35(32,34-25-10-6-3-7-11-25)19-21-12-13-22-14-15-23(26(29)30)17-24(22)16-21/h2-17H,18-19H2,1H3,(H,28,32)(H,29,30). The molecule has 1 radical (unpaired) electrons. The van der Waals surface area contributed by atoms with Gasteiger partial charge in [0.25, 0.3) is 14.6 Å². The van der Waals surface area contributed by atoms with Crippen LogP contribution in [0.15, 0.2) is 97.1 Å². The molecule has 7 nitrogen and oxygen atoms in total. The van der Waals surface area contributed by atoms with Crippen molar-refractivity contribution in [2.45, 2.75) is 19.3 Å². The van der Waals surface area contributed by atoms with Crippen LogP contribution in [0, 0.1) is 0 Å². The van der Waals surface area contributed by atoms with Gasteiger partial charge in [0, 0.05) is 0 Å². The summed E-state index contributed by atoms with van der Waals surface area (Å²) in [5, 5.41) is 10.9. The molecule has 0 bridgehead atoms. The van der Waals surface area contributed by atoms with Gasteiger partial charge in [0.1, 0.15) is 12.4 Å². The maximum absolute atomic E-state index is 14.0. The minimum Gasteiger partial charge on any atom is -0.478 e. The predicted octanol–water partition coefficient (Wildman–Crippen LogP) is 6.44. The molecule has 4 aromatic carbocycles. The topological polar surface area (TPSA) is 102 Å². The number of hydrogen-bond donors (Lipinski definition) is 2. The van der Waals surface area contributed by atoms with Crippen LogP contribution in [0.2, 0.25) is 6.55 Å². The van der Waals surface area contributed by atoms with E-state index in [-0.39, 0.29) is 18.3 Å². The number of carbonyl (C=O) groups is 2. The Hall–Kier alpha value is -3.71. The van der Waals surface area contributed by atoms with Crippen LogP contribution in [0.5, 0.6) is 5.75 Å². The maximum atomic E-state index is 14.0. The Morgan fingerprint density at radius 1 is 0.861 bits per heavy atom. The van der Waals surface area contributed by atoms with E-state index in [0.717, 1.165) is 10.9 Å². The molecule has 9 heteroatoms. The monoisotopic (exact) mass is 518 g/mol. The SMILES string of the molecule is C[Si](NP(=O)(Cc1ccc2ccc(C(=O)O)cc2c1)Oc1ccccc1)C(=O)OCc1ccccc1. The minimum absolute atomic E-state index is 0.00308. The number of carboxylic acid groups (broad SMARTS) is 1. The number of nitrogens with one attached hydrogen (secondary N) is 1. The number of carbonyl (C=O) groups excluding carboxylic acids is 1. The lowest BCUT2D eigenvalue weighted by Crippen LogP contribution is -2.38. The third kappa shape index (κ3) is 6.70. The van der Waals surface area contributed by atoms with Crippen LogP contribution in [0.3, 0.4) is 0 Å². The van der Waals surface area contributed by atoms with E-state index < -0.39 is 28.0 Å². The number of carboxylic acids is 1. The number of ether oxygens (including phenoxy) is 1. The van der Waals surface area contributed by atoms with Crippen LogP contribution in [0.1, 0.15) is 21.5 Å². The smallest absolute Gasteiger partial charge is 0.335 e. The molecule has 0 amide bonds. The second-order valence-electron chi connectivity index (χ2n) is 8.24. The van der Waals surface area contributed by atoms with Gasteiger partial charge in [0.2, 0.25) is 0 Å². The number of rotatable bonds is 10. The average Bonchev–Trinajstić information content (AvgIpc) is 2.87. The average molecular weight is 519 g/mol. The van der Waals surface area contributed by atoms with Gasteiger partial charge in [-0.15, -0.1) is 0 Å². The summed E-state index contributed by atoms with van der Waals surface area (Å²) in [7, 11) is -5.67. The summed E-state index contributed by atoms with van der Waals surface area (Å²) in [6.45, 7) is 1.81. The van der Waals surface area contributed by atoms with Gasteiger partial charge in [-0.1, -0.05) is 72.8 Å². The third-order valence-electron chi connectivity index (χ3n) is 5.40. The summed E-state index contributed by atoms with van der Waals surface area (Å²) in [6, 6.07) is 28.4. The first-order valence-corrected chi connectivity index (χ1v) is 15.0. The van der Waals surface area contributed by atoms with Gasteiger partial charge in [-0.25, -0.2) is 9.55 Å². The molecular formula is C27H25NO6PSi. The molecule has 4 rings (SSSR count). The second kappa shape index (κ2) is 11.3. The minimum atomic E-state index is -3.60. The lowest BCUT2D eigenvalue weighted by atomic mass is 10.0. The summed E-state index contributed by atoms with van der Waals surface area (Å²) in [5.41, 5.74) is 1.26. The largest absolute Gasteiger partial charge is 0.478 e. The Bertz CT molecular complexity index is 1410. The molecule has 0 saturated heterocycles. The van der Waals surface area contributed by atoms with Crippen molar-refractivity contribution in [3.05, 3.63) is 114 Å². The van der Waals surface area contributed by atoms with Gasteiger partial charge in [-0.3, -0.25) is 9.36 Å². The van der Waals surface area contributed by atoms with E-state index in [4.69, 9.17) is 9.26 Å². The Morgan fingerprint density at radius 2 is 1.53 bits per heavy atom. The van der Waals surface area contributed by atoms with Crippen LogP contribution < -0.4 is 9.28 Å². The fourth-order valence-electron chi connectivity index (χ4n) is 3.65. The molecule has 2 N–H and O–H groups in total. The highest BCUT2D eigenvalue weighted by molar-refractivity contribution is 7.58. The Balaban J connectivity index is 1.55. The highest BCUT2D eigenvalue weighted by atomic mass is 31.2. The van der Waals surface area contributed by atoms with Crippen molar-refractivity contribution in [2.24, 2.45) is 0 Å². The van der Waals surface area contributed by atoms with Crippen LogP contribution in [-0.4, -0.2) is 25.6 Å². The molecule has 0 fully saturated rings. The van der Waals surface area contributed by atoms with Gasteiger partial charge in [-0.05, 0) is 52.7 Å². The van der Waals surface area contributed by atoms with Crippen molar-refractivity contribution in [2.75, 3.05) is 0 Å². The zero-order chi connectivity index (χ0) is 25.5. The predicted molar refractivity (Wildman–Crippen MR) is 141 cm³/mol. The molecule has 0 aromatic heterocycles. The Morgan fingerprint density at radius 3 is 2.22 bits per heavy atom. The molecule has 183 valence electrons. The first-order valence-electron chi connectivity index (χ1n) is 11.2. The number of fused-ring (bicyclic) bond motifs is 1. The van der Waals surface area contributed by atoms with Crippen molar-refractivity contribution >= 4 is 38.8 Å². The van der Waals surface area contributed by atoms with E-state index in [1.54, 1.807) is 55.1 Å². The number of para-hydroxylation sites is 1. The van der Waals surface area contributed by atoms with Crippen molar-refractivity contribution in [3.8, 4) is 5.75 Å². The molecule has 36 heavy (non-hydrogen) atoms. The van der Waals surface area contributed by atoms with E-state index in [0.29, 0.717) is 16.7 Å². The first kappa shape index (κ1) is 25.4. The highest BCUT2D eigenvalue weighted by Gasteiger charge is 2.32. The molecule has 1 atom stereocenters. The van der Waals surface area contributed by atoms with Gasteiger partial charge in [0.15, 0.2) is 0 Å². The quantitative estimate of drug-likeness (QED) is 0.184. The molecule has 0 aliphatic heterocycles. The van der Waals surface area contributed by atoms with Crippen molar-refractivity contribution in [1.29, 1.82) is 0 Å². The fourth-order valence-corrected chi connectivity index (χ4v) is 8.05. The molecule has 0 spiro atoms. The van der Waals surface area contributed by atoms with E-state index in [9.17, 15) is 19.3 Å². The molecular weight excluding hydrogens is 493 g/mol. The van der Waals surface area contributed by atoms with Gasteiger partial charge >= 0.3 is 13.5 Å². The van der Waals surface area contributed by atoms with Crippen molar-refractivity contribution < 1.29 is 28.5 Å². The molecule has 0 aliphatic carbocycles. The zero-order valence-electron chi connectivity index (χ0n) is 19.6. The van der Waals surface area contributed by atoms with E-state index >= 15 is 0 Å². The highest BCUT2D eigenvalue weighted by Crippen LogP contribution is 2.47. The van der Waals surface area contributed by atoms with E-state index in [1.807, 2.05) is 48.5 Å². The number of aromatic carboxylic acids is 1. The summed E-state index contributed by atoms with van der Waals surface area (Å²) in [6.07, 6.45) is 0.00308. The van der Waals surface area contributed by atoms with Gasteiger partial charge in [0.05, 0.1) is 11.7 Å². The zero-order valence-corrected chi connectivity index (χ0v) is 21.5. The van der Waals surface area contributed by atoms with Crippen molar-refractivity contribution in [3.63, 3.8) is 0 Å². The third-order valence-corrected chi connectivity index (χ3v) is 10.1. The van der Waals surface area contributed by atoms with E-state index in [2.05, 4.69) is 4.75 Å². The number of benzene rings is 4. The van der Waals surface area contributed by atoms with E-state index in [1.165, 1.54) is 0 Å². The van der Waals surface area contributed by atoms with Crippen LogP contribution in [0.25, 0.3) is 10.8 Å². The molecule has 0 saturated carbocycles. The lowest BCUT2D eigenvalue weighted by Gasteiger charge is -2.23. The van der Waals surface area contributed by atoms with Gasteiger partial charge in [-0.2, -0.15) is 0 Å².